The monoisotopic (exact) mass is 567 g/mol. The third-order valence-electron chi connectivity index (χ3n) is 6.30. The van der Waals surface area contributed by atoms with E-state index in [9.17, 15) is 18.0 Å². The van der Waals surface area contributed by atoms with Crippen molar-refractivity contribution < 1.29 is 22.7 Å². The number of sulfonamides is 1. The zero-order valence-electron chi connectivity index (χ0n) is 21.1. The Labute approximate surface area is 227 Å². The Morgan fingerprint density at radius 2 is 1.81 bits per heavy atom. The lowest BCUT2D eigenvalue weighted by Crippen LogP contribution is -2.42. The summed E-state index contributed by atoms with van der Waals surface area (Å²) in [7, 11) is -3.39. The zero-order valence-corrected chi connectivity index (χ0v) is 23.4. The van der Waals surface area contributed by atoms with Crippen LogP contribution in [0, 0.1) is 0 Å². The number of ether oxygens (including phenoxy) is 1. The molecule has 0 aliphatic carbocycles. The highest BCUT2D eigenvalue weighted by Crippen LogP contribution is 2.33. The SMILES string of the molecule is CC(C)(C)OC(=O)N1CCCC(c2cc(Cl)cc(NC(=O)c3cc(N4CCCS4(=O)=O)ccc3Cl)c2)C1. The summed E-state index contributed by atoms with van der Waals surface area (Å²) in [5.74, 6) is -0.367. The van der Waals surface area contributed by atoms with Gasteiger partial charge in [-0.2, -0.15) is 0 Å². The average molecular weight is 569 g/mol. The van der Waals surface area contributed by atoms with Crippen LogP contribution in [0.3, 0.4) is 0 Å². The fraction of sp³-hybridized carbons (Fsp3) is 0.462. The van der Waals surface area contributed by atoms with Crippen LogP contribution in [0.5, 0.6) is 0 Å². The number of nitrogens with one attached hydrogen (secondary N) is 1. The van der Waals surface area contributed by atoms with Gasteiger partial charge in [-0.3, -0.25) is 9.10 Å². The number of halogens is 2. The van der Waals surface area contributed by atoms with E-state index in [1.54, 1.807) is 17.0 Å². The summed E-state index contributed by atoms with van der Waals surface area (Å²) < 4.78 is 31.5. The maximum absolute atomic E-state index is 13.2. The first-order valence-electron chi connectivity index (χ1n) is 12.2. The van der Waals surface area contributed by atoms with E-state index in [-0.39, 0.29) is 28.4 Å². The van der Waals surface area contributed by atoms with Crippen LogP contribution in [0.15, 0.2) is 36.4 Å². The molecule has 2 aliphatic rings. The predicted octanol–water partition coefficient (Wildman–Crippen LogP) is 5.90. The minimum Gasteiger partial charge on any atom is -0.444 e. The molecule has 8 nitrogen and oxygen atoms in total. The molecule has 2 aliphatic heterocycles. The number of carbonyl (C=O) groups is 2. The Kier molecular flexibility index (Phi) is 7.97. The highest BCUT2D eigenvalue weighted by Gasteiger charge is 2.30. The molecule has 1 atom stereocenters. The molecule has 11 heteroatoms. The van der Waals surface area contributed by atoms with E-state index in [0.29, 0.717) is 42.5 Å². The summed E-state index contributed by atoms with van der Waals surface area (Å²) in [5, 5.41) is 3.50. The van der Waals surface area contributed by atoms with E-state index in [2.05, 4.69) is 5.32 Å². The molecule has 2 saturated heterocycles. The topological polar surface area (TPSA) is 96.0 Å². The first-order chi connectivity index (χ1) is 17.3. The number of piperidine rings is 1. The van der Waals surface area contributed by atoms with Crippen LogP contribution in [0.1, 0.15) is 61.9 Å². The van der Waals surface area contributed by atoms with Crippen LogP contribution in [-0.2, 0) is 14.8 Å². The second-order valence-corrected chi connectivity index (χ2v) is 13.3. The van der Waals surface area contributed by atoms with E-state index >= 15 is 0 Å². The maximum Gasteiger partial charge on any atom is 0.410 e. The van der Waals surface area contributed by atoms with E-state index in [1.807, 2.05) is 32.9 Å². The second kappa shape index (κ2) is 10.7. The predicted molar refractivity (Wildman–Crippen MR) is 146 cm³/mol. The number of amides is 2. The maximum atomic E-state index is 13.2. The fourth-order valence-corrected chi connectivity index (χ4v) is 6.64. The standard InChI is InChI=1S/C26H31Cl2N3O5S/c1-26(2,3)36-25(33)30-9-4-6-17(16-30)18-12-19(27)14-20(13-18)29-24(32)22-15-21(7-8-23(22)28)31-10-5-11-37(31,34)35/h7-8,12-15,17H,4-6,9-11,16H2,1-3H3,(H,29,32). The van der Waals surface area contributed by atoms with Gasteiger partial charge >= 0.3 is 6.09 Å². The minimum absolute atomic E-state index is 0.0305. The average Bonchev–Trinajstić information content (AvgIpc) is 3.17. The van der Waals surface area contributed by atoms with Crippen molar-refractivity contribution in [1.29, 1.82) is 0 Å². The molecule has 2 aromatic rings. The van der Waals surface area contributed by atoms with Crippen LogP contribution < -0.4 is 9.62 Å². The Hall–Kier alpha value is -2.49. The van der Waals surface area contributed by atoms with Gasteiger partial charge in [0.2, 0.25) is 10.0 Å². The third kappa shape index (κ3) is 6.69. The number of rotatable bonds is 4. The number of hydrogen-bond acceptors (Lipinski definition) is 5. The lowest BCUT2D eigenvalue weighted by molar-refractivity contribution is 0.0198. The first kappa shape index (κ1) is 27.5. The Balaban J connectivity index is 1.52. The third-order valence-corrected chi connectivity index (χ3v) is 8.72. The highest BCUT2D eigenvalue weighted by atomic mass is 35.5. The number of likely N-dealkylation sites (tertiary alicyclic amines) is 1. The summed E-state index contributed by atoms with van der Waals surface area (Å²) in [6.45, 7) is 6.99. The molecule has 200 valence electrons. The first-order valence-corrected chi connectivity index (χ1v) is 14.6. The van der Waals surface area contributed by atoms with Crippen molar-refractivity contribution in [3.05, 3.63) is 57.6 Å². The van der Waals surface area contributed by atoms with Crippen molar-refractivity contribution in [3.63, 3.8) is 0 Å². The molecule has 1 unspecified atom stereocenters. The molecular weight excluding hydrogens is 537 g/mol. The molecule has 0 radical (unpaired) electrons. The van der Waals surface area contributed by atoms with E-state index < -0.39 is 21.5 Å². The number of carbonyl (C=O) groups excluding carboxylic acids is 2. The molecule has 2 amide bonds. The molecule has 4 rings (SSSR count). The smallest absolute Gasteiger partial charge is 0.410 e. The summed E-state index contributed by atoms with van der Waals surface area (Å²) in [6, 6.07) is 9.93. The Bertz CT molecular complexity index is 1310. The normalized spacial score (nSPS) is 19.5. The van der Waals surface area contributed by atoms with Crippen LogP contribution in [0.2, 0.25) is 10.0 Å². The van der Waals surface area contributed by atoms with Gasteiger partial charge in [-0.15, -0.1) is 0 Å². The largest absolute Gasteiger partial charge is 0.444 e. The van der Waals surface area contributed by atoms with Crippen molar-refractivity contribution in [2.75, 3.05) is 35.0 Å². The van der Waals surface area contributed by atoms with Gasteiger partial charge in [0.1, 0.15) is 5.60 Å². The van der Waals surface area contributed by atoms with Crippen molar-refractivity contribution in [2.24, 2.45) is 0 Å². The Morgan fingerprint density at radius 3 is 2.49 bits per heavy atom. The van der Waals surface area contributed by atoms with Crippen molar-refractivity contribution in [3.8, 4) is 0 Å². The van der Waals surface area contributed by atoms with Crippen molar-refractivity contribution >= 4 is 56.6 Å². The molecule has 0 bridgehead atoms. The summed E-state index contributed by atoms with van der Waals surface area (Å²) in [6.07, 6.45) is 1.87. The molecular formula is C26H31Cl2N3O5S. The highest BCUT2D eigenvalue weighted by molar-refractivity contribution is 7.93. The van der Waals surface area contributed by atoms with E-state index in [0.717, 1.165) is 18.4 Å². The zero-order chi connectivity index (χ0) is 27.0. The lowest BCUT2D eigenvalue weighted by atomic mass is 9.90. The van der Waals surface area contributed by atoms with Gasteiger partial charge in [0, 0.05) is 36.3 Å². The van der Waals surface area contributed by atoms with Gasteiger partial charge in [0.15, 0.2) is 0 Å². The van der Waals surface area contributed by atoms with E-state index in [4.69, 9.17) is 27.9 Å². The summed E-state index contributed by atoms with van der Waals surface area (Å²) in [4.78, 5) is 27.5. The van der Waals surface area contributed by atoms with E-state index in [1.165, 1.54) is 16.4 Å². The van der Waals surface area contributed by atoms with Gasteiger partial charge in [-0.25, -0.2) is 13.2 Å². The molecule has 2 fully saturated rings. The van der Waals surface area contributed by atoms with Crippen LogP contribution in [-0.4, -0.2) is 56.3 Å². The van der Waals surface area contributed by atoms with Crippen molar-refractivity contribution in [2.45, 2.75) is 51.6 Å². The molecule has 2 heterocycles. The Morgan fingerprint density at radius 1 is 1.05 bits per heavy atom. The fourth-order valence-electron chi connectivity index (χ4n) is 4.63. The van der Waals surface area contributed by atoms with Gasteiger partial charge in [0.05, 0.1) is 22.0 Å². The number of hydrogen-bond donors (Lipinski definition) is 1. The van der Waals surface area contributed by atoms with Gasteiger partial charge in [0.25, 0.3) is 5.91 Å². The van der Waals surface area contributed by atoms with Gasteiger partial charge < -0.3 is 15.0 Å². The van der Waals surface area contributed by atoms with Gasteiger partial charge in [-0.05, 0) is 82.0 Å². The van der Waals surface area contributed by atoms with Crippen LogP contribution in [0.4, 0.5) is 16.2 Å². The number of nitrogens with zero attached hydrogens (tertiary/aromatic N) is 2. The molecule has 1 N–H and O–H groups in total. The molecule has 37 heavy (non-hydrogen) atoms. The van der Waals surface area contributed by atoms with Crippen LogP contribution in [0.25, 0.3) is 0 Å². The molecule has 0 spiro atoms. The molecule has 2 aromatic carbocycles. The second-order valence-electron chi connectivity index (χ2n) is 10.4. The van der Waals surface area contributed by atoms with Crippen LogP contribution >= 0.6 is 23.2 Å². The quantitative estimate of drug-likeness (QED) is 0.496. The minimum atomic E-state index is -3.39. The van der Waals surface area contributed by atoms with Gasteiger partial charge in [-0.1, -0.05) is 23.2 Å². The molecule has 0 saturated carbocycles. The number of benzene rings is 2. The van der Waals surface area contributed by atoms with Crippen molar-refractivity contribution in [1.82, 2.24) is 4.90 Å². The lowest BCUT2D eigenvalue weighted by Gasteiger charge is -2.34. The molecule has 0 aromatic heterocycles. The summed E-state index contributed by atoms with van der Waals surface area (Å²) in [5.41, 5.74) is 1.38. The number of anilines is 2. The summed E-state index contributed by atoms with van der Waals surface area (Å²) >= 11 is 12.7.